The van der Waals surface area contributed by atoms with E-state index in [0.29, 0.717) is 6.42 Å². The Labute approximate surface area is 185 Å². The third kappa shape index (κ3) is 2.94. The quantitative estimate of drug-likeness (QED) is 0.495. The van der Waals surface area contributed by atoms with Crippen LogP contribution in [-0.4, -0.2) is 47.1 Å². The summed E-state index contributed by atoms with van der Waals surface area (Å²) in [6.07, 6.45) is 15.9. The number of fused-ring (bicyclic) bond motifs is 1. The molecule has 0 radical (unpaired) electrons. The Bertz CT molecular complexity index is 1330. The lowest BCUT2D eigenvalue weighted by Crippen LogP contribution is -2.55. The minimum absolute atomic E-state index is 0.251. The van der Waals surface area contributed by atoms with E-state index in [9.17, 15) is 5.26 Å². The fraction of sp³-hybridized carbons (Fsp3) is 0.435. The number of ether oxygens (including phenoxy) is 1. The number of hydrogen-bond acceptors (Lipinski definition) is 6. The van der Waals surface area contributed by atoms with Gasteiger partial charge < -0.3 is 4.74 Å². The van der Waals surface area contributed by atoms with E-state index in [0.717, 1.165) is 67.2 Å². The van der Waals surface area contributed by atoms with Gasteiger partial charge in [0.1, 0.15) is 11.5 Å². The lowest BCUT2D eigenvalue weighted by Gasteiger charge is -2.57. The van der Waals surface area contributed by atoms with Gasteiger partial charge in [-0.25, -0.2) is 9.97 Å². The average Bonchev–Trinajstić information content (AvgIpc) is 3.53. The molecule has 1 saturated heterocycles. The van der Waals surface area contributed by atoms with Gasteiger partial charge in [-0.05, 0) is 31.1 Å². The highest BCUT2D eigenvalue weighted by atomic mass is 16.5. The van der Waals surface area contributed by atoms with E-state index in [1.165, 1.54) is 0 Å². The van der Waals surface area contributed by atoms with Crippen molar-refractivity contribution in [2.75, 3.05) is 13.2 Å². The van der Waals surface area contributed by atoms with Crippen LogP contribution in [0.3, 0.4) is 0 Å². The van der Waals surface area contributed by atoms with E-state index in [-0.39, 0.29) is 11.0 Å². The summed E-state index contributed by atoms with van der Waals surface area (Å²) in [5, 5.41) is 18.6. The van der Waals surface area contributed by atoms with Crippen molar-refractivity contribution < 1.29 is 4.74 Å². The molecule has 0 amide bonds. The van der Waals surface area contributed by atoms with Crippen molar-refractivity contribution in [3.05, 3.63) is 43.2 Å². The predicted octanol–water partition coefficient (Wildman–Crippen LogP) is 3.19. The zero-order valence-corrected chi connectivity index (χ0v) is 18.0. The number of aromatic nitrogens is 7. The molecule has 0 unspecified atom stereocenters. The van der Waals surface area contributed by atoms with Gasteiger partial charge in [0.15, 0.2) is 0 Å². The number of hydrogen-bond donors (Lipinski definition) is 0. The molecule has 1 spiro atoms. The fourth-order valence-corrected chi connectivity index (χ4v) is 5.54. The summed E-state index contributed by atoms with van der Waals surface area (Å²) in [5.41, 5.74) is 3.52. The summed E-state index contributed by atoms with van der Waals surface area (Å²) in [4.78, 5) is 9.41. The molecule has 4 aromatic heterocycles. The zero-order valence-electron chi connectivity index (χ0n) is 18.0. The average molecular weight is 429 g/mol. The summed E-state index contributed by atoms with van der Waals surface area (Å²) < 4.78 is 11.3. The van der Waals surface area contributed by atoms with Crippen LogP contribution in [0.25, 0.3) is 28.3 Å². The third-order valence-corrected chi connectivity index (χ3v) is 7.09. The molecule has 1 aliphatic carbocycles. The molecule has 5 heterocycles. The molecule has 4 aromatic rings. The molecule has 162 valence electrons. The first-order valence-electron chi connectivity index (χ1n) is 10.9. The maximum absolute atomic E-state index is 9.57. The van der Waals surface area contributed by atoms with Crippen LogP contribution in [0.4, 0.5) is 0 Å². The number of rotatable bonds is 4. The second kappa shape index (κ2) is 7.00. The standard InChI is InChI=1S/C23H24N8O/c1-29-13-17(11-26-29)19-10-20-25-6-7-30(20)21(28-19)18-12-27-31(14-18)23(2-5-24)15-22(16-23)3-8-32-9-4-22/h6-7,10-14H,2-4,8-9,15-16H2,1H3. The summed E-state index contributed by atoms with van der Waals surface area (Å²) in [7, 11) is 1.89. The molecule has 6 rings (SSSR count). The minimum atomic E-state index is -0.251. The van der Waals surface area contributed by atoms with Crippen LogP contribution in [0.5, 0.6) is 0 Å². The van der Waals surface area contributed by atoms with Gasteiger partial charge in [0, 0.05) is 56.7 Å². The summed E-state index contributed by atoms with van der Waals surface area (Å²) in [5.74, 6) is 0.775. The predicted molar refractivity (Wildman–Crippen MR) is 116 cm³/mol. The van der Waals surface area contributed by atoms with Gasteiger partial charge in [0.2, 0.25) is 0 Å². The van der Waals surface area contributed by atoms with Crippen LogP contribution in [-0.2, 0) is 17.3 Å². The number of nitrogens with zero attached hydrogens (tertiary/aromatic N) is 8. The first-order valence-corrected chi connectivity index (χ1v) is 10.9. The van der Waals surface area contributed by atoms with E-state index in [1.807, 2.05) is 47.0 Å². The number of imidazole rings is 1. The molecule has 32 heavy (non-hydrogen) atoms. The first-order chi connectivity index (χ1) is 15.6. The maximum Gasteiger partial charge on any atom is 0.149 e. The highest BCUT2D eigenvalue weighted by Crippen LogP contribution is 2.59. The van der Waals surface area contributed by atoms with Crippen molar-refractivity contribution in [1.82, 2.24) is 33.9 Å². The number of aryl methyl sites for hydroxylation is 1. The van der Waals surface area contributed by atoms with E-state index >= 15 is 0 Å². The topological polar surface area (TPSA) is 98.9 Å². The Morgan fingerprint density at radius 3 is 2.69 bits per heavy atom. The minimum Gasteiger partial charge on any atom is -0.381 e. The van der Waals surface area contributed by atoms with E-state index in [1.54, 1.807) is 17.1 Å². The largest absolute Gasteiger partial charge is 0.381 e. The van der Waals surface area contributed by atoms with E-state index in [2.05, 4.69) is 16.2 Å². The van der Waals surface area contributed by atoms with Crippen LogP contribution < -0.4 is 0 Å². The van der Waals surface area contributed by atoms with Crippen molar-refractivity contribution in [3.8, 4) is 28.7 Å². The Balaban J connectivity index is 1.39. The Kier molecular flexibility index (Phi) is 4.20. The zero-order chi connectivity index (χ0) is 21.8. The van der Waals surface area contributed by atoms with Gasteiger partial charge in [-0.2, -0.15) is 15.5 Å². The van der Waals surface area contributed by atoms with Gasteiger partial charge >= 0.3 is 0 Å². The molecule has 9 heteroatoms. The Morgan fingerprint density at radius 1 is 1.12 bits per heavy atom. The van der Waals surface area contributed by atoms with Crippen LogP contribution in [0.15, 0.2) is 43.2 Å². The van der Waals surface area contributed by atoms with Crippen molar-refractivity contribution >= 4 is 5.65 Å². The van der Waals surface area contributed by atoms with E-state index < -0.39 is 0 Å². The van der Waals surface area contributed by atoms with E-state index in [4.69, 9.17) is 14.8 Å². The first kappa shape index (κ1) is 19.2. The molecular formula is C23H24N8O. The SMILES string of the molecule is Cn1cc(-c2cc3nccn3c(-c3cnn(C4(CC#N)CC5(CCOCC5)C4)c3)n2)cn1. The summed E-state index contributed by atoms with van der Waals surface area (Å²) >= 11 is 0. The summed E-state index contributed by atoms with van der Waals surface area (Å²) in [6, 6.07) is 4.37. The molecule has 0 aromatic carbocycles. The maximum atomic E-state index is 9.57. The molecular weight excluding hydrogens is 404 g/mol. The third-order valence-electron chi connectivity index (χ3n) is 7.09. The molecule has 0 bridgehead atoms. The van der Waals surface area contributed by atoms with Crippen molar-refractivity contribution in [3.63, 3.8) is 0 Å². The molecule has 9 nitrogen and oxygen atoms in total. The molecule has 1 aliphatic heterocycles. The van der Waals surface area contributed by atoms with Gasteiger partial charge in [-0.15, -0.1) is 0 Å². The summed E-state index contributed by atoms with van der Waals surface area (Å²) in [6.45, 7) is 1.63. The van der Waals surface area contributed by atoms with Crippen molar-refractivity contribution in [1.29, 1.82) is 5.26 Å². The van der Waals surface area contributed by atoms with Gasteiger partial charge in [-0.1, -0.05) is 0 Å². The molecule has 1 saturated carbocycles. The van der Waals surface area contributed by atoms with Crippen LogP contribution in [0.2, 0.25) is 0 Å². The van der Waals surface area contributed by atoms with Crippen LogP contribution in [0.1, 0.15) is 32.1 Å². The molecule has 2 aliphatic rings. The lowest BCUT2D eigenvalue weighted by molar-refractivity contribution is -0.103. The Morgan fingerprint density at radius 2 is 1.94 bits per heavy atom. The second-order valence-electron chi connectivity index (χ2n) is 9.22. The molecule has 2 fully saturated rings. The molecule has 0 N–H and O–H groups in total. The van der Waals surface area contributed by atoms with Crippen LogP contribution >= 0.6 is 0 Å². The molecule has 0 atom stereocenters. The normalized spacial score (nSPS) is 19.1. The number of nitriles is 1. The van der Waals surface area contributed by atoms with Crippen molar-refractivity contribution in [2.45, 2.75) is 37.6 Å². The van der Waals surface area contributed by atoms with Gasteiger partial charge in [0.05, 0.1) is 41.7 Å². The van der Waals surface area contributed by atoms with Gasteiger partial charge in [0.25, 0.3) is 0 Å². The Hall–Kier alpha value is -3.51. The van der Waals surface area contributed by atoms with Crippen molar-refractivity contribution in [2.24, 2.45) is 12.5 Å². The smallest absolute Gasteiger partial charge is 0.149 e. The highest BCUT2D eigenvalue weighted by Gasteiger charge is 2.56. The second-order valence-corrected chi connectivity index (χ2v) is 9.22. The van der Waals surface area contributed by atoms with Crippen LogP contribution in [0, 0.1) is 16.7 Å². The lowest BCUT2D eigenvalue weighted by atomic mass is 9.53. The highest BCUT2D eigenvalue weighted by molar-refractivity contribution is 5.68. The van der Waals surface area contributed by atoms with Gasteiger partial charge in [-0.3, -0.25) is 13.8 Å². The monoisotopic (exact) mass is 428 g/mol. The fourth-order valence-electron chi connectivity index (χ4n) is 5.54.